The van der Waals surface area contributed by atoms with Gasteiger partial charge in [-0.25, -0.2) is 0 Å². The highest BCUT2D eigenvalue weighted by Gasteiger charge is 2.32. The Labute approximate surface area is 80.6 Å². The molecule has 1 N–H and O–H groups in total. The number of ketones is 1. The van der Waals surface area contributed by atoms with Crippen molar-refractivity contribution >= 4 is 26.8 Å². The molecule has 0 saturated heterocycles. The van der Waals surface area contributed by atoms with Crippen molar-refractivity contribution in [3.8, 4) is 0 Å². The molecule has 1 amide bonds. The molecule has 0 fully saturated rings. The Hall–Kier alpha value is -1.69. The van der Waals surface area contributed by atoms with Crippen LogP contribution in [0.2, 0.25) is 0 Å². The van der Waals surface area contributed by atoms with Crippen LogP contribution in [0, 0.1) is 0 Å². The Morgan fingerprint density at radius 3 is 2.57 bits per heavy atom. The summed E-state index contributed by atoms with van der Waals surface area (Å²) < 4.78 is 21.2. The van der Waals surface area contributed by atoms with Gasteiger partial charge in [-0.15, -0.1) is 0 Å². The van der Waals surface area contributed by atoms with Gasteiger partial charge in [-0.2, -0.15) is 8.42 Å². The smallest absolute Gasteiger partial charge is 0.296 e. The molecule has 0 aromatic carbocycles. The molecule has 72 valence electrons. The van der Waals surface area contributed by atoms with Crippen LogP contribution in [0.1, 0.15) is 6.42 Å². The van der Waals surface area contributed by atoms with Gasteiger partial charge in [-0.1, -0.05) is 0 Å². The van der Waals surface area contributed by atoms with Crippen molar-refractivity contribution in [1.29, 1.82) is 0 Å². The standard InChI is InChI=1S/C8H5NO4S/c10-7-5-3-4(14(12)13)1-2-6(5)9-8(7)11/h1-2H,3H2,(H,9,10,11). The van der Waals surface area contributed by atoms with Crippen molar-refractivity contribution in [3.05, 3.63) is 23.4 Å². The van der Waals surface area contributed by atoms with E-state index in [0.717, 1.165) is 0 Å². The van der Waals surface area contributed by atoms with Crippen LogP contribution < -0.4 is 5.32 Å². The minimum absolute atomic E-state index is 0.000478. The maximum absolute atomic E-state index is 11.2. The van der Waals surface area contributed by atoms with E-state index in [0.29, 0.717) is 5.70 Å². The van der Waals surface area contributed by atoms with Crippen molar-refractivity contribution in [1.82, 2.24) is 5.32 Å². The lowest BCUT2D eigenvalue weighted by molar-refractivity contribution is -0.134. The summed E-state index contributed by atoms with van der Waals surface area (Å²) in [6.45, 7) is 0. The lowest BCUT2D eigenvalue weighted by Crippen LogP contribution is -2.20. The molecule has 1 heterocycles. The number of hydrogen-bond acceptors (Lipinski definition) is 4. The molecule has 0 unspecified atom stereocenters. The van der Waals surface area contributed by atoms with Crippen LogP contribution in [-0.4, -0.2) is 25.0 Å². The van der Waals surface area contributed by atoms with E-state index >= 15 is 0 Å². The number of allylic oxidation sites excluding steroid dienone is 2. The number of rotatable bonds is 0. The van der Waals surface area contributed by atoms with Gasteiger partial charge < -0.3 is 5.32 Å². The highest BCUT2D eigenvalue weighted by atomic mass is 32.2. The second-order valence-corrected chi connectivity index (χ2v) is 3.88. The predicted molar refractivity (Wildman–Crippen MR) is 47.9 cm³/mol. The largest absolute Gasteiger partial charge is 0.319 e. The van der Waals surface area contributed by atoms with Crippen molar-refractivity contribution in [2.45, 2.75) is 6.42 Å². The monoisotopic (exact) mass is 211 g/mol. The minimum Gasteiger partial charge on any atom is -0.319 e. The minimum atomic E-state index is -2.33. The van der Waals surface area contributed by atoms with Crippen LogP contribution in [0.15, 0.2) is 23.4 Å². The van der Waals surface area contributed by atoms with E-state index in [-0.39, 0.29) is 16.9 Å². The summed E-state index contributed by atoms with van der Waals surface area (Å²) in [6, 6.07) is 0. The zero-order valence-corrected chi connectivity index (χ0v) is 7.72. The summed E-state index contributed by atoms with van der Waals surface area (Å²) in [5.74, 6) is -1.34. The van der Waals surface area contributed by atoms with Gasteiger partial charge in [0.05, 0.1) is 4.86 Å². The SMILES string of the molecule is O=C1NC2=C(CC(=S(=O)=O)C=C2)C1=O. The average molecular weight is 211 g/mol. The summed E-state index contributed by atoms with van der Waals surface area (Å²) in [5.41, 5.74) is 0.644. The molecule has 2 aliphatic rings. The maximum Gasteiger partial charge on any atom is 0.296 e. The Bertz CT molecular complexity index is 528. The third kappa shape index (κ3) is 1.20. The maximum atomic E-state index is 11.2. The zero-order chi connectivity index (χ0) is 10.3. The Kier molecular flexibility index (Phi) is 1.85. The van der Waals surface area contributed by atoms with Gasteiger partial charge in [-0.05, 0) is 12.2 Å². The van der Waals surface area contributed by atoms with Gasteiger partial charge in [0.1, 0.15) is 0 Å². The molecule has 0 saturated carbocycles. The van der Waals surface area contributed by atoms with Gasteiger partial charge in [0, 0.05) is 17.7 Å². The second kappa shape index (κ2) is 2.91. The third-order valence-electron chi connectivity index (χ3n) is 2.05. The molecule has 0 atom stereocenters. The number of amides is 1. The van der Waals surface area contributed by atoms with E-state index in [9.17, 15) is 18.0 Å². The van der Waals surface area contributed by atoms with Gasteiger partial charge in [0.25, 0.3) is 5.91 Å². The van der Waals surface area contributed by atoms with Crippen LogP contribution >= 0.6 is 0 Å². The molecule has 5 nitrogen and oxygen atoms in total. The van der Waals surface area contributed by atoms with Crippen molar-refractivity contribution in [2.24, 2.45) is 0 Å². The summed E-state index contributed by atoms with van der Waals surface area (Å²) >= 11 is 0. The molecule has 0 aromatic rings. The lowest BCUT2D eigenvalue weighted by Gasteiger charge is -2.04. The van der Waals surface area contributed by atoms with Crippen LogP contribution in [-0.2, 0) is 19.9 Å². The summed E-state index contributed by atoms with van der Waals surface area (Å²) in [4.78, 5) is 22.2. The highest BCUT2D eigenvalue weighted by molar-refractivity contribution is 7.73. The lowest BCUT2D eigenvalue weighted by atomic mass is 10.0. The Morgan fingerprint density at radius 2 is 1.93 bits per heavy atom. The van der Waals surface area contributed by atoms with E-state index in [2.05, 4.69) is 5.32 Å². The molecule has 0 bridgehead atoms. The fourth-order valence-electron chi connectivity index (χ4n) is 1.36. The molecule has 1 aliphatic heterocycles. The van der Waals surface area contributed by atoms with Crippen LogP contribution in [0.5, 0.6) is 0 Å². The third-order valence-corrected chi connectivity index (χ3v) is 2.76. The Morgan fingerprint density at radius 1 is 1.21 bits per heavy atom. The van der Waals surface area contributed by atoms with Crippen LogP contribution in [0.3, 0.4) is 0 Å². The Balaban J connectivity index is 2.49. The first-order valence-electron chi connectivity index (χ1n) is 3.81. The normalized spacial score (nSPS) is 19.9. The fourth-order valence-corrected chi connectivity index (χ4v) is 1.80. The van der Waals surface area contributed by atoms with Crippen LogP contribution in [0.4, 0.5) is 0 Å². The van der Waals surface area contributed by atoms with Crippen LogP contribution in [0.25, 0.3) is 0 Å². The summed E-state index contributed by atoms with van der Waals surface area (Å²) in [6.07, 6.45) is 2.80. The molecule has 2 rings (SSSR count). The molecule has 14 heavy (non-hydrogen) atoms. The van der Waals surface area contributed by atoms with Gasteiger partial charge >= 0.3 is 0 Å². The number of nitrogens with one attached hydrogen (secondary N) is 1. The quantitative estimate of drug-likeness (QED) is 0.409. The number of carbonyl (C=O) groups excluding carboxylic acids is 2. The first-order chi connectivity index (χ1) is 6.59. The van der Waals surface area contributed by atoms with Gasteiger partial charge in [-0.3, -0.25) is 9.59 Å². The van der Waals surface area contributed by atoms with E-state index in [1.54, 1.807) is 0 Å². The molecular formula is C8H5NO4S. The second-order valence-electron chi connectivity index (χ2n) is 2.89. The zero-order valence-electron chi connectivity index (χ0n) is 6.90. The van der Waals surface area contributed by atoms with E-state index in [1.165, 1.54) is 12.2 Å². The van der Waals surface area contributed by atoms with Crippen molar-refractivity contribution < 1.29 is 18.0 Å². The summed E-state index contributed by atoms with van der Waals surface area (Å²) in [7, 11) is -2.33. The predicted octanol–water partition coefficient (Wildman–Crippen LogP) is -1.05. The first-order valence-corrected chi connectivity index (χ1v) is 4.89. The number of carbonyl (C=O) groups is 2. The van der Waals surface area contributed by atoms with Crippen molar-refractivity contribution in [3.63, 3.8) is 0 Å². The topological polar surface area (TPSA) is 80.3 Å². The summed E-state index contributed by atoms with van der Waals surface area (Å²) in [5, 5.41) is 2.36. The average Bonchev–Trinajstić information content (AvgIpc) is 2.43. The highest BCUT2D eigenvalue weighted by Crippen LogP contribution is 2.20. The van der Waals surface area contributed by atoms with E-state index < -0.39 is 22.0 Å². The molecular weight excluding hydrogens is 206 g/mol. The fraction of sp³-hybridized carbons (Fsp3) is 0.125. The molecule has 0 spiro atoms. The van der Waals surface area contributed by atoms with Gasteiger partial charge in [0.2, 0.25) is 16.1 Å². The van der Waals surface area contributed by atoms with Gasteiger partial charge in [0.15, 0.2) is 0 Å². The van der Waals surface area contributed by atoms with E-state index in [4.69, 9.17) is 0 Å². The first kappa shape index (κ1) is 8.89. The number of hydrogen-bond donors (Lipinski definition) is 1. The molecule has 0 aromatic heterocycles. The number of Topliss-reactive ketones (excluding diaryl/α,β-unsaturated/α-hetero) is 1. The molecule has 6 heteroatoms. The molecule has 1 aliphatic carbocycles. The molecule has 0 radical (unpaired) electrons. The van der Waals surface area contributed by atoms with E-state index in [1.807, 2.05) is 0 Å². The van der Waals surface area contributed by atoms with Crippen molar-refractivity contribution in [2.75, 3.05) is 0 Å².